The molecule has 1 unspecified atom stereocenters. The van der Waals surface area contributed by atoms with Gasteiger partial charge >= 0.3 is 0 Å². The van der Waals surface area contributed by atoms with Crippen molar-refractivity contribution in [3.8, 4) is 0 Å². The number of carbonyl (C=O) groups excluding carboxylic acids is 2. The molecule has 1 fully saturated rings. The highest BCUT2D eigenvalue weighted by molar-refractivity contribution is 5.98. The van der Waals surface area contributed by atoms with Crippen molar-refractivity contribution in [3.05, 3.63) is 65.7 Å². The fourth-order valence-corrected chi connectivity index (χ4v) is 3.37. The quantitative estimate of drug-likeness (QED) is 0.863. The summed E-state index contributed by atoms with van der Waals surface area (Å²) in [6.45, 7) is 4.90. The maximum absolute atomic E-state index is 13.1. The van der Waals surface area contributed by atoms with Gasteiger partial charge in [0.2, 0.25) is 5.91 Å². The highest BCUT2D eigenvalue weighted by Gasteiger charge is 2.32. The molecule has 136 valence electrons. The van der Waals surface area contributed by atoms with Gasteiger partial charge in [-0.15, -0.1) is 0 Å². The number of amides is 2. The maximum atomic E-state index is 13.1. The molecule has 0 aromatic heterocycles. The van der Waals surface area contributed by atoms with E-state index in [0.717, 1.165) is 24.1 Å². The van der Waals surface area contributed by atoms with E-state index in [2.05, 4.69) is 19.2 Å². The molecule has 2 aromatic carbocycles. The normalized spacial score (nSPS) is 15.8. The van der Waals surface area contributed by atoms with Gasteiger partial charge in [-0.25, -0.2) is 0 Å². The molecule has 0 radical (unpaired) electrons. The number of anilines is 1. The van der Waals surface area contributed by atoms with Gasteiger partial charge in [0.1, 0.15) is 6.04 Å². The molecule has 2 aromatic rings. The van der Waals surface area contributed by atoms with Gasteiger partial charge in [-0.2, -0.15) is 0 Å². The first-order valence-corrected chi connectivity index (χ1v) is 9.31. The van der Waals surface area contributed by atoms with Crippen molar-refractivity contribution in [1.82, 2.24) is 4.90 Å². The van der Waals surface area contributed by atoms with Crippen molar-refractivity contribution in [2.24, 2.45) is 0 Å². The summed E-state index contributed by atoms with van der Waals surface area (Å²) in [5.74, 6) is 0.335. The average Bonchev–Trinajstić information content (AvgIpc) is 2.65. The third-order valence-corrected chi connectivity index (χ3v) is 4.88. The smallest absolute Gasteiger partial charge is 0.251 e. The van der Waals surface area contributed by atoms with Crippen molar-refractivity contribution < 1.29 is 9.59 Å². The molecule has 1 heterocycles. The zero-order valence-corrected chi connectivity index (χ0v) is 15.4. The molecule has 0 saturated carbocycles. The van der Waals surface area contributed by atoms with E-state index in [0.29, 0.717) is 18.9 Å². The molecular weight excluding hydrogens is 324 g/mol. The molecule has 4 nitrogen and oxygen atoms in total. The predicted molar refractivity (Wildman–Crippen MR) is 104 cm³/mol. The summed E-state index contributed by atoms with van der Waals surface area (Å²) < 4.78 is 0. The Kier molecular flexibility index (Phi) is 5.71. The number of hydrogen-bond donors (Lipinski definition) is 1. The van der Waals surface area contributed by atoms with Gasteiger partial charge in [0.05, 0.1) is 0 Å². The van der Waals surface area contributed by atoms with Crippen LogP contribution in [0.15, 0.2) is 54.6 Å². The molecule has 0 aliphatic carbocycles. The summed E-state index contributed by atoms with van der Waals surface area (Å²) >= 11 is 0. The number of nitrogens with one attached hydrogen (secondary N) is 1. The summed E-state index contributed by atoms with van der Waals surface area (Å²) in [4.78, 5) is 27.2. The molecule has 3 rings (SSSR count). The SMILES string of the molecule is CC(C)c1ccc(NC(=O)C(c2ccccc2)N2CCCCC2=O)cc1. The fourth-order valence-electron chi connectivity index (χ4n) is 3.37. The van der Waals surface area contributed by atoms with Crippen LogP contribution in [-0.4, -0.2) is 23.3 Å². The summed E-state index contributed by atoms with van der Waals surface area (Å²) in [5.41, 5.74) is 2.83. The lowest BCUT2D eigenvalue weighted by Crippen LogP contribution is -2.43. The predicted octanol–water partition coefficient (Wildman–Crippen LogP) is 4.50. The number of piperidine rings is 1. The highest BCUT2D eigenvalue weighted by atomic mass is 16.2. The Morgan fingerprint density at radius 1 is 0.962 bits per heavy atom. The van der Waals surface area contributed by atoms with Crippen LogP contribution in [0.5, 0.6) is 0 Å². The molecule has 1 N–H and O–H groups in total. The van der Waals surface area contributed by atoms with Crippen LogP contribution in [0.25, 0.3) is 0 Å². The second-order valence-electron chi connectivity index (χ2n) is 7.12. The topological polar surface area (TPSA) is 49.4 Å². The first-order valence-electron chi connectivity index (χ1n) is 9.31. The third-order valence-electron chi connectivity index (χ3n) is 4.88. The van der Waals surface area contributed by atoms with E-state index in [4.69, 9.17) is 0 Å². The Hall–Kier alpha value is -2.62. The van der Waals surface area contributed by atoms with Gasteiger partial charge < -0.3 is 10.2 Å². The zero-order chi connectivity index (χ0) is 18.5. The molecular formula is C22H26N2O2. The van der Waals surface area contributed by atoms with E-state index in [1.54, 1.807) is 4.90 Å². The monoisotopic (exact) mass is 350 g/mol. The van der Waals surface area contributed by atoms with Gasteiger partial charge in [0.25, 0.3) is 5.91 Å². The molecule has 1 aliphatic rings. The molecule has 4 heteroatoms. The summed E-state index contributed by atoms with van der Waals surface area (Å²) in [6, 6.07) is 16.9. The van der Waals surface area contributed by atoms with Gasteiger partial charge in [-0.3, -0.25) is 9.59 Å². The number of likely N-dealkylation sites (tertiary alicyclic amines) is 1. The fraction of sp³-hybridized carbons (Fsp3) is 0.364. The molecule has 26 heavy (non-hydrogen) atoms. The van der Waals surface area contributed by atoms with Crippen LogP contribution in [-0.2, 0) is 9.59 Å². The summed E-state index contributed by atoms with van der Waals surface area (Å²) in [5, 5.41) is 2.99. The summed E-state index contributed by atoms with van der Waals surface area (Å²) in [6.07, 6.45) is 2.35. The largest absolute Gasteiger partial charge is 0.327 e. The van der Waals surface area contributed by atoms with Crippen molar-refractivity contribution in [1.29, 1.82) is 0 Å². The number of hydrogen-bond acceptors (Lipinski definition) is 2. The lowest BCUT2D eigenvalue weighted by molar-refractivity contribution is -0.141. The van der Waals surface area contributed by atoms with Gasteiger partial charge in [-0.05, 0) is 42.0 Å². The number of rotatable bonds is 5. The van der Waals surface area contributed by atoms with E-state index < -0.39 is 6.04 Å². The van der Waals surface area contributed by atoms with Crippen LogP contribution in [0.3, 0.4) is 0 Å². The van der Waals surface area contributed by atoms with Gasteiger partial charge in [-0.1, -0.05) is 56.3 Å². The van der Waals surface area contributed by atoms with Crippen LogP contribution >= 0.6 is 0 Å². The van der Waals surface area contributed by atoms with Crippen LogP contribution in [0, 0.1) is 0 Å². The molecule has 2 amide bonds. The lowest BCUT2D eigenvalue weighted by Gasteiger charge is -2.34. The van der Waals surface area contributed by atoms with Gasteiger partial charge in [0.15, 0.2) is 0 Å². The van der Waals surface area contributed by atoms with E-state index in [-0.39, 0.29) is 11.8 Å². The molecule has 1 saturated heterocycles. The Morgan fingerprint density at radius 2 is 1.65 bits per heavy atom. The molecule has 0 bridgehead atoms. The van der Waals surface area contributed by atoms with Crippen LogP contribution in [0.2, 0.25) is 0 Å². The second kappa shape index (κ2) is 8.17. The van der Waals surface area contributed by atoms with Crippen LogP contribution in [0.1, 0.15) is 56.2 Å². The van der Waals surface area contributed by atoms with Crippen LogP contribution in [0.4, 0.5) is 5.69 Å². The van der Waals surface area contributed by atoms with E-state index in [9.17, 15) is 9.59 Å². The standard InChI is InChI=1S/C22H26N2O2/c1-16(2)17-11-13-19(14-12-17)23-22(26)21(18-8-4-3-5-9-18)24-15-7-6-10-20(24)25/h3-5,8-9,11-14,16,21H,6-7,10,15H2,1-2H3,(H,23,26). The minimum atomic E-state index is -0.589. The van der Waals surface area contributed by atoms with Crippen molar-refractivity contribution in [2.45, 2.75) is 45.1 Å². The van der Waals surface area contributed by atoms with Gasteiger partial charge in [0, 0.05) is 18.7 Å². The number of benzene rings is 2. The number of carbonyl (C=O) groups is 2. The van der Waals surface area contributed by atoms with E-state index in [1.165, 1.54) is 5.56 Å². The van der Waals surface area contributed by atoms with Crippen LogP contribution < -0.4 is 5.32 Å². The highest BCUT2D eigenvalue weighted by Crippen LogP contribution is 2.27. The Labute approximate surface area is 155 Å². The minimum Gasteiger partial charge on any atom is -0.327 e. The first kappa shape index (κ1) is 18.2. The van der Waals surface area contributed by atoms with E-state index in [1.807, 2.05) is 54.6 Å². The van der Waals surface area contributed by atoms with E-state index >= 15 is 0 Å². The average molecular weight is 350 g/mol. The third kappa shape index (κ3) is 4.13. The molecule has 1 aliphatic heterocycles. The summed E-state index contributed by atoms with van der Waals surface area (Å²) in [7, 11) is 0. The molecule has 0 spiro atoms. The maximum Gasteiger partial charge on any atom is 0.251 e. The first-order chi connectivity index (χ1) is 12.6. The van der Waals surface area contributed by atoms with Crippen molar-refractivity contribution in [2.75, 3.05) is 11.9 Å². The molecule has 1 atom stereocenters. The van der Waals surface area contributed by atoms with Crippen molar-refractivity contribution in [3.63, 3.8) is 0 Å². The van der Waals surface area contributed by atoms with Crippen molar-refractivity contribution >= 4 is 17.5 Å². The lowest BCUT2D eigenvalue weighted by atomic mass is 10.00. The minimum absolute atomic E-state index is 0.0513. The Bertz CT molecular complexity index is 753. The second-order valence-corrected chi connectivity index (χ2v) is 7.12. The number of nitrogens with zero attached hydrogens (tertiary/aromatic N) is 1. The zero-order valence-electron chi connectivity index (χ0n) is 15.4. The Morgan fingerprint density at radius 3 is 2.27 bits per heavy atom. The Balaban J connectivity index is 1.84.